The molecule has 0 heterocycles. The van der Waals surface area contributed by atoms with Crippen LogP contribution in [0, 0.1) is 0 Å². The molecule has 0 radical (unpaired) electrons. The van der Waals surface area contributed by atoms with Gasteiger partial charge in [-0.15, -0.1) is 0 Å². The predicted molar refractivity (Wildman–Crippen MR) is 57.8 cm³/mol. The van der Waals surface area contributed by atoms with E-state index in [-0.39, 0.29) is 12.1 Å². The number of carbonyl (C=O) groups excluding carboxylic acids is 1. The second-order valence-electron chi connectivity index (χ2n) is 3.25. The minimum absolute atomic E-state index is 0.210. The van der Waals surface area contributed by atoms with Crippen molar-refractivity contribution in [3.8, 4) is 5.75 Å². The summed E-state index contributed by atoms with van der Waals surface area (Å²) in [6, 6.07) is 7.55. The Morgan fingerprint density at radius 3 is 2.40 bits per heavy atom. The van der Waals surface area contributed by atoms with Crippen molar-refractivity contribution < 1.29 is 14.3 Å². The Labute approximate surface area is 90.0 Å². The average molecular weight is 208 g/mol. The summed E-state index contributed by atoms with van der Waals surface area (Å²) in [4.78, 5) is 10.8. The Morgan fingerprint density at radius 2 is 1.93 bits per heavy atom. The van der Waals surface area contributed by atoms with Gasteiger partial charge in [-0.05, 0) is 31.5 Å². The van der Waals surface area contributed by atoms with Crippen LogP contribution in [0.5, 0.6) is 5.75 Å². The molecule has 1 rings (SSSR count). The first kappa shape index (κ1) is 11.6. The summed E-state index contributed by atoms with van der Waals surface area (Å²) in [5.74, 6) is 0.563. The Bertz CT molecular complexity index is 316. The predicted octanol–water partition coefficient (Wildman–Crippen LogP) is 2.71. The first-order valence-corrected chi connectivity index (χ1v) is 5.03. The van der Waals surface area contributed by atoms with Gasteiger partial charge in [0.05, 0.1) is 6.61 Å². The fraction of sp³-hybridized carbons (Fsp3) is 0.417. The van der Waals surface area contributed by atoms with E-state index in [2.05, 4.69) is 0 Å². The van der Waals surface area contributed by atoms with Gasteiger partial charge in [-0.25, -0.2) is 0 Å². The zero-order valence-electron chi connectivity index (χ0n) is 9.32. The molecule has 3 nitrogen and oxygen atoms in total. The molecular weight excluding hydrogens is 192 g/mol. The third-order valence-electron chi connectivity index (χ3n) is 2.00. The molecule has 1 aromatic carbocycles. The highest BCUT2D eigenvalue weighted by Gasteiger charge is 2.07. The van der Waals surface area contributed by atoms with E-state index in [1.807, 2.05) is 38.1 Å². The first-order chi connectivity index (χ1) is 7.13. The van der Waals surface area contributed by atoms with Crippen molar-refractivity contribution in [2.24, 2.45) is 0 Å². The lowest BCUT2D eigenvalue weighted by atomic mass is 10.1. The lowest BCUT2D eigenvalue weighted by molar-refractivity contribution is -0.145. The van der Waals surface area contributed by atoms with Crippen LogP contribution >= 0.6 is 0 Å². The van der Waals surface area contributed by atoms with E-state index < -0.39 is 0 Å². The quantitative estimate of drug-likeness (QED) is 0.714. The lowest BCUT2D eigenvalue weighted by Gasteiger charge is -2.12. The van der Waals surface area contributed by atoms with Gasteiger partial charge >= 0.3 is 5.97 Å². The van der Waals surface area contributed by atoms with Crippen LogP contribution < -0.4 is 4.74 Å². The largest absolute Gasteiger partial charge is 0.494 e. The van der Waals surface area contributed by atoms with E-state index in [4.69, 9.17) is 9.47 Å². The summed E-state index contributed by atoms with van der Waals surface area (Å²) >= 11 is 0. The fourth-order valence-electron chi connectivity index (χ4n) is 1.32. The third-order valence-corrected chi connectivity index (χ3v) is 2.00. The SMILES string of the molecule is CCOc1ccc([C@@H](C)OC(C)=O)cc1. The third kappa shape index (κ3) is 3.62. The molecule has 0 fully saturated rings. The van der Waals surface area contributed by atoms with E-state index in [0.717, 1.165) is 11.3 Å². The van der Waals surface area contributed by atoms with E-state index in [9.17, 15) is 4.79 Å². The molecule has 0 N–H and O–H groups in total. The van der Waals surface area contributed by atoms with Gasteiger partial charge in [0, 0.05) is 6.92 Å². The van der Waals surface area contributed by atoms with Gasteiger partial charge in [-0.1, -0.05) is 12.1 Å². The number of benzene rings is 1. The molecule has 0 bridgehead atoms. The topological polar surface area (TPSA) is 35.5 Å². The monoisotopic (exact) mass is 208 g/mol. The second kappa shape index (κ2) is 5.39. The first-order valence-electron chi connectivity index (χ1n) is 5.03. The number of ether oxygens (including phenoxy) is 2. The summed E-state index contributed by atoms with van der Waals surface area (Å²) in [7, 11) is 0. The van der Waals surface area contributed by atoms with Crippen LogP contribution in [0.25, 0.3) is 0 Å². The van der Waals surface area contributed by atoms with Crippen LogP contribution in [0.15, 0.2) is 24.3 Å². The second-order valence-corrected chi connectivity index (χ2v) is 3.25. The van der Waals surface area contributed by atoms with Gasteiger partial charge in [-0.3, -0.25) is 4.79 Å². The highest BCUT2D eigenvalue weighted by molar-refractivity contribution is 5.66. The Hall–Kier alpha value is -1.51. The Balaban J connectivity index is 2.66. The molecule has 1 atom stereocenters. The Kier molecular flexibility index (Phi) is 4.16. The van der Waals surface area contributed by atoms with Gasteiger partial charge < -0.3 is 9.47 Å². The van der Waals surface area contributed by atoms with Crippen molar-refractivity contribution in [2.75, 3.05) is 6.61 Å². The standard InChI is InChI=1S/C12H16O3/c1-4-14-12-7-5-11(6-8-12)9(2)15-10(3)13/h5-9H,4H2,1-3H3/t9-/m1/s1. The fourth-order valence-corrected chi connectivity index (χ4v) is 1.32. The highest BCUT2D eigenvalue weighted by atomic mass is 16.5. The van der Waals surface area contributed by atoms with Gasteiger partial charge in [0.15, 0.2) is 0 Å². The van der Waals surface area contributed by atoms with Crippen molar-refractivity contribution in [1.29, 1.82) is 0 Å². The molecule has 82 valence electrons. The highest BCUT2D eigenvalue weighted by Crippen LogP contribution is 2.20. The summed E-state index contributed by atoms with van der Waals surface area (Å²) in [5, 5.41) is 0. The van der Waals surface area contributed by atoms with Crippen molar-refractivity contribution in [2.45, 2.75) is 26.9 Å². The minimum Gasteiger partial charge on any atom is -0.494 e. The van der Waals surface area contributed by atoms with Crippen molar-refractivity contribution in [3.05, 3.63) is 29.8 Å². The van der Waals surface area contributed by atoms with Gasteiger partial charge in [-0.2, -0.15) is 0 Å². The zero-order chi connectivity index (χ0) is 11.3. The molecule has 0 saturated heterocycles. The van der Waals surface area contributed by atoms with E-state index in [1.54, 1.807) is 0 Å². The number of esters is 1. The number of carbonyl (C=O) groups is 1. The molecule has 3 heteroatoms. The molecule has 0 saturated carbocycles. The van der Waals surface area contributed by atoms with Crippen molar-refractivity contribution >= 4 is 5.97 Å². The summed E-state index contributed by atoms with van der Waals surface area (Å²) in [5.41, 5.74) is 0.966. The smallest absolute Gasteiger partial charge is 0.303 e. The number of hydrogen-bond acceptors (Lipinski definition) is 3. The normalized spacial score (nSPS) is 11.9. The van der Waals surface area contributed by atoms with Crippen LogP contribution in [-0.2, 0) is 9.53 Å². The van der Waals surface area contributed by atoms with E-state index >= 15 is 0 Å². The molecule has 0 amide bonds. The molecule has 0 unspecified atom stereocenters. The van der Waals surface area contributed by atoms with E-state index in [0.29, 0.717) is 6.61 Å². The zero-order valence-corrected chi connectivity index (χ0v) is 9.32. The molecule has 1 aromatic rings. The summed E-state index contributed by atoms with van der Waals surface area (Å²) in [6.07, 6.45) is -0.210. The maximum absolute atomic E-state index is 10.8. The molecule has 0 aliphatic heterocycles. The van der Waals surface area contributed by atoms with Crippen LogP contribution in [0.1, 0.15) is 32.4 Å². The average Bonchev–Trinajstić information content (AvgIpc) is 2.18. The van der Waals surface area contributed by atoms with Gasteiger partial charge in [0.25, 0.3) is 0 Å². The maximum atomic E-state index is 10.8. The lowest BCUT2D eigenvalue weighted by Crippen LogP contribution is -2.04. The maximum Gasteiger partial charge on any atom is 0.303 e. The molecule has 0 aromatic heterocycles. The van der Waals surface area contributed by atoms with Gasteiger partial charge in [0.1, 0.15) is 11.9 Å². The van der Waals surface area contributed by atoms with E-state index in [1.165, 1.54) is 6.92 Å². The Morgan fingerprint density at radius 1 is 1.33 bits per heavy atom. The number of hydrogen-bond donors (Lipinski definition) is 0. The molecule has 0 aliphatic rings. The van der Waals surface area contributed by atoms with Crippen LogP contribution in [0.3, 0.4) is 0 Å². The molecule has 0 spiro atoms. The number of rotatable bonds is 4. The molecular formula is C12H16O3. The molecule has 15 heavy (non-hydrogen) atoms. The summed E-state index contributed by atoms with van der Waals surface area (Å²) in [6.45, 7) is 5.84. The van der Waals surface area contributed by atoms with Crippen molar-refractivity contribution in [1.82, 2.24) is 0 Å². The summed E-state index contributed by atoms with van der Waals surface area (Å²) < 4.78 is 10.4. The van der Waals surface area contributed by atoms with Crippen LogP contribution in [-0.4, -0.2) is 12.6 Å². The van der Waals surface area contributed by atoms with Gasteiger partial charge in [0.2, 0.25) is 0 Å². The van der Waals surface area contributed by atoms with Crippen molar-refractivity contribution in [3.63, 3.8) is 0 Å². The molecule has 0 aliphatic carbocycles. The minimum atomic E-state index is -0.267. The van der Waals surface area contributed by atoms with Crippen LogP contribution in [0.2, 0.25) is 0 Å². The van der Waals surface area contributed by atoms with Crippen LogP contribution in [0.4, 0.5) is 0 Å².